The van der Waals surface area contributed by atoms with E-state index in [0.29, 0.717) is 25.3 Å². The molecule has 1 aliphatic heterocycles. The van der Waals surface area contributed by atoms with E-state index < -0.39 is 24.9 Å². The van der Waals surface area contributed by atoms with Crippen molar-refractivity contribution in [3.63, 3.8) is 0 Å². The fraction of sp³-hybridized carbons (Fsp3) is 0.438. The molecule has 0 aromatic carbocycles. The lowest BCUT2D eigenvalue weighted by Crippen LogP contribution is -2.35. The van der Waals surface area contributed by atoms with Gasteiger partial charge >= 0.3 is 6.18 Å². The van der Waals surface area contributed by atoms with Gasteiger partial charge < -0.3 is 4.90 Å². The molecule has 0 saturated carbocycles. The lowest BCUT2D eigenvalue weighted by atomic mass is 10.00. The smallest absolute Gasteiger partial charge is 0.339 e. The summed E-state index contributed by atoms with van der Waals surface area (Å²) in [5.74, 6) is 0.210. The number of amides is 1. The van der Waals surface area contributed by atoms with Crippen LogP contribution in [-0.2, 0) is 4.79 Å². The zero-order chi connectivity index (χ0) is 17.3. The van der Waals surface area contributed by atoms with Crippen LogP contribution in [0.5, 0.6) is 0 Å². The Kier molecular flexibility index (Phi) is 4.29. The molecule has 8 heteroatoms. The van der Waals surface area contributed by atoms with Crippen molar-refractivity contribution in [2.24, 2.45) is 0 Å². The lowest BCUT2D eigenvalue weighted by molar-refractivity contribution is -0.148. The highest BCUT2D eigenvalue weighted by Crippen LogP contribution is 2.27. The molecule has 3 rings (SSSR count). The molecule has 3 heterocycles. The van der Waals surface area contributed by atoms with Crippen molar-refractivity contribution in [3.8, 4) is 0 Å². The Labute approximate surface area is 136 Å². The van der Waals surface area contributed by atoms with E-state index in [4.69, 9.17) is 0 Å². The molecule has 0 N–H and O–H groups in total. The van der Waals surface area contributed by atoms with Gasteiger partial charge in [-0.15, -0.1) is 0 Å². The monoisotopic (exact) mass is 338 g/mol. The van der Waals surface area contributed by atoms with Gasteiger partial charge in [0, 0.05) is 31.3 Å². The second kappa shape index (κ2) is 6.26. The minimum absolute atomic E-state index is 0.320. The van der Waals surface area contributed by atoms with Gasteiger partial charge in [-0.3, -0.25) is 4.79 Å². The quantitative estimate of drug-likeness (QED) is 0.864. The maximum atomic E-state index is 12.2. The highest BCUT2D eigenvalue weighted by molar-refractivity contribution is 5.80. The Bertz CT molecular complexity index is 794. The minimum atomic E-state index is -4.30. The first-order valence-electron chi connectivity index (χ1n) is 7.69. The summed E-state index contributed by atoms with van der Waals surface area (Å²) in [6, 6.07) is 3.81. The summed E-state index contributed by atoms with van der Waals surface area (Å²) in [4.78, 5) is 17.7. The number of pyridine rings is 1. The van der Waals surface area contributed by atoms with E-state index in [1.54, 1.807) is 4.52 Å². The molecule has 0 bridgehead atoms. The summed E-state index contributed by atoms with van der Waals surface area (Å²) in [7, 11) is 0. The Morgan fingerprint density at radius 2 is 2.17 bits per heavy atom. The van der Waals surface area contributed by atoms with Crippen LogP contribution in [0.25, 0.3) is 11.2 Å². The standard InChI is InChI=1S/C16H17F3N4O/c1-11-20-15-13(3-2-8-23(15)21-11)12-5-9-22(10-6-12)14(24)4-7-16(17,18)19/h2-3,5,8H,4,6-7,9-10H2,1H3. The van der Waals surface area contributed by atoms with Crippen LogP contribution in [0.4, 0.5) is 13.2 Å². The highest BCUT2D eigenvalue weighted by atomic mass is 19.4. The van der Waals surface area contributed by atoms with E-state index in [1.807, 2.05) is 31.3 Å². The summed E-state index contributed by atoms with van der Waals surface area (Å²) in [5.41, 5.74) is 2.73. The second-order valence-electron chi connectivity index (χ2n) is 5.78. The van der Waals surface area contributed by atoms with E-state index in [9.17, 15) is 18.0 Å². The molecule has 0 atom stereocenters. The van der Waals surface area contributed by atoms with Gasteiger partial charge in [0.15, 0.2) is 5.65 Å². The van der Waals surface area contributed by atoms with Crippen LogP contribution in [0, 0.1) is 6.92 Å². The van der Waals surface area contributed by atoms with Gasteiger partial charge in [0.25, 0.3) is 0 Å². The van der Waals surface area contributed by atoms with E-state index in [2.05, 4.69) is 10.1 Å². The number of halogens is 3. The van der Waals surface area contributed by atoms with Crippen LogP contribution in [-0.4, -0.2) is 44.7 Å². The predicted octanol–water partition coefficient (Wildman–Crippen LogP) is 3.00. The number of nitrogens with zero attached hydrogens (tertiary/aromatic N) is 4. The molecule has 0 unspecified atom stereocenters. The van der Waals surface area contributed by atoms with Gasteiger partial charge in [0.05, 0.1) is 6.42 Å². The fourth-order valence-electron chi connectivity index (χ4n) is 2.81. The van der Waals surface area contributed by atoms with Crippen LogP contribution < -0.4 is 0 Å². The van der Waals surface area contributed by atoms with Gasteiger partial charge in [0.2, 0.25) is 5.91 Å². The van der Waals surface area contributed by atoms with Gasteiger partial charge in [-0.05, 0) is 31.1 Å². The summed E-state index contributed by atoms with van der Waals surface area (Å²) >= 11 is 0. The molecule has 0 aliphatic carbocycles. The highest BCUT2D eigenvalue weighted by Gasteiger charge is 2.29. The number of hydrogen-bond acceptors (Lipinski definition) is 3. The van der Waals surface area contributed by atoms with Crippen molar-refractivity contribution in [2.75, 3.05) is 13.1 Å². The molecule has 0 spiro atoms. The van der Waals surface area contributed by atoms with Crippen molar-refractivity contribution in [1.82, 2.24) is 19.5 Å². The zero-order valence-electron chi connectivity index (χ0n) is 13.2. The summed E-state index contributed by atoms with van der Waals surface area (Å²) in [5, 5.41) is 4.27. The van der Waals surface area contributed by atoms with Crippen LogP contribution in [0.15, 0.2) is 24.4 Å². The number of aryl methyl sites for hydroxylation is 1. The molecule has 128 valence electrons. The molecule has 5 nitrogen and oxygen atoms in total. The van der Waals surface area contributed by atoms with Crippen LogP contribution >= 0.6 is 0 Å². The van der Waals surface area contributed by atoms with Crippen LogP contribution in [0.3, 0.4) is 0 Å². The largest absolute Gasteiger partial charge is 0.389 e. The molecule has 1 aliphatic rings. The number of aromatic nitrogens is 3. The van der Waals surface area contributed by atoms with E-state index in [-0.39, 0.29) is 0 Å². The van der Waals surface area contributed by atoms with Crippen molar-refractivity contribution >= 4 is 17.1 Å². The molecule has 0 radical (unpaired) electrons. The Morgan fingerprint density at radius 3 is 2.83 bits per heavy atom. The number of alkyl halides is 3. The molecule has 2 aromatic heterocycles. The van der Waals surface area contributed by atoms with Crippen molar-refractivity contribution in [2.45, 2.75) is 32.4 Å². The predicted molar refractivity (Wildman–Crippen MR) is 82.2 cm³/mol. The fourth-order valence-corrected chi connectivity index (χ4v) is 2.81. The molecule has 0 saturated heterocycles. The van der Waals surface area contributed by atoms with Crippen LogP contribution in [0.1, 0.15) is 30.7 Å². The number of carbonyl (C=O) groups excluding carboxylic acids is 1. The average Bonchev–Trinajstić information content (AvgIpc) is 2.92. The topological polar surface area (TPSA) is 50.5 Å². The second-order valence-corrected chi connectivity index (χ2v) is 5.78. The molecular formula is C16H17F3N4O. The van der Waals surface area contributed by atoms with Gasteiger partial charge in [0.1, 0.15) is 5.82 Å². The number of hydrogen-bond donors (Lipinski definition) is 0. The number of carbonyl (C=O) groups is 1. The first-order chi connectivity index (χ1) is 11.3. The Hall–Kier alpha value is -2.38. The Balaban J connectivity index is 1.72. The molecule has 1 amide bonds. The lowest BCUT2D eigenvalue weighted by Gasteiger charge is -2.27. The van der Waals surface area contributed by atoms with Gasteiger partial charge in [-0.25, -0.2) is 9.50 Å². The Morgan fingerprint density at radius 1 is 1.38 bits per heavy atom. The molecule has 24 heavy (non-hydrogen) atoms. The summed E-state index contributed by atoms with van der Waals surface area (Å²) < 4.78 is 38.4. The first-order valence-corrected chi connectivity index (χ1v) is 7.69. The van der Waals surface area contributed by atoms with E-state index in [0.717, 1.165) is 16.8 Å². The van der Waals surface area contributed by atoms with E-state index >= 15 is 0 Å². The summed E-state index contributed by atoms with van der Waals surface area (Å²) in [6.07, 6.45) is -1.58. The van der Waals surface area contributed by atoms with Crippen molar-refractivity contribution in [1.29, 1.82) is 0 Å². The third-order valence-electron chi connectivity index (χ3n) is 4.00. The van der Waals surface area contributed by atoms with Gasteiger partial charge in [-0.1, -0.05) is 6.08 Å². The molecule has 0 fully saturated rings. The number of rotatable bonds is 3. The van der Waals surface area contributed by atoms with E-state index in [1.165, 1.54) is 4.90 Å². The summed E-state index contributed by atoms with van der Waals surface area (Å²) in [6.45, 7) is 2.55. The average molecular weight is 338 g/mol. The third-order valence-corrected chi connectivity index (χ3v) is 4.00. The first kappa shape index (κ1) is 16.5. The molecular weight excluding hydrogens is 321 g/mol. The molecule has 2 aromatic rings. The third kappa shape index (κ3) is 3.58. The zero-order valence-corrected chi connectivity index (χ0v) is 13.2. The minimum Gasteiger partial charge on any atom is -0.339 e. The normalized spacial score (nSPS) is 15.7. The van der Waals surface area contributed by atoms with Crippen molar-refractivity contribution < 1.29 is 18.0 Å². The van der Waals surface area contributed by atoms with Gasteiger partial charge in [-0.2, -0.15) is 18.3 Å². The van der Waals surface area contributed by atoms with Crippen molar-refractivity contribution in [3.05, 3.63) is 35.8 Å². The SMILES string of the molecule is Cc1nc2c(C3=CCN(C(=O)CCC(F)(F)F)CC3)cccn2n1. The number of fused-ring (bicyclic) bond motifs is 1. The van der Waals surface area contributed by atoms with Crippen LogP contribution in [0.2, 0.25) is 0 Å². The maximum Gasteiger partial charge on any atom is 0.389 e. The maximum absolute atomic E-state index is 12.2.